The van der Waals surface area contributed by atoms with Crippen molar-refractivity contribution in [3.05, 3.63) is 11.6 Å². The summed E-state index contributed by atoms with van der Waals surface area (Å²) in [5.74, 6) is 4.20. The summed E-state index contributed by atoms with van der Waals surface area (Å²) in [5.41, 5.74) is 0.0774. The van der Waals surface area contributed by atoms with E-state index in [1.165, 1.54) is 31.5 Å². The molecule has 26 heavy (non-hydrogen) atoms. The molecule has 2 aliphatic heterocycles. The van der Waals surface area contributed by atoms with Crippen LogP contribution in [0.2, 0.25) is 0 Å². The van der Waals surface area contributed by atoms with Crippen molar-refractivity contribution in [1.82, 2.24) is 19.7 Å². The van der Waals surface area contributed by atoms with E-state index in [9.17, 15) is 8.42 Å². The number of nitrogens with zero attached hydrogens (tertiary/aromatic N) is 4. The largest absolute Gasteiger partial charge is 0.300 e. The van der Waals surface area contributed by atoms with Crippen LogP contribution in [-0.4, -0.2) is 58.7 Å². The molecule has 2 saturated heterocycles. The minimum atomic E-state index is -2.74. The fourth-order valence-corrected chi connectivity index (χ4v) is 7.71. The highest BCUT2D eigenvalue weighted by Gasteiger charge is 2.53. The van der Waals surface area contributed by atoms with Crippen molar-refractivity contribution >= 4 is 9.84 Å². The van der Waals surface area contributed by atoms with Crippen LogP contribution >= 0.6 is 0 Å². The average molecular weight is 379 g/mol. The lowest BCUT2D eigenvalue weighted by molar-refractivity contribution is 0.213. The molecule has 6 nitrogen and oxygen atoms in total. The van der Waals surface area contributed by atoms with Crippen LogP contribution in [0.15, 0.2) is 0 Å². The van der Waals surface area contributed by atoms with Gasteiger partial charge in [0.05, 0.1) is 11.5 Å². The molecule has 0 radical (unpaired) electrons. The Morgan fingerprint density at radius 3 is 2.50 bits per heavy atom. The Labute approximate surface area is 156 Å². The Morgan fingerprint density at radius 1 is 1.12 bits per heavy atom. The summed E-state index contributed by atoms with van der Waals surface area (Å²) in [6.45, 7) is 6.44. The van der Waals surface area contributed by atoms with Crippen molar-refractivity contribution < 1.29 is 8.42 Å². The fourth-order valence-electron chi connectivity index (χ4n) is 5.46. The fraction of sp³-hybridized carbons (Fsp3) is 0.895. The van der Waals surface area contributed by atoms with Crippen LogP contribution in [0.5, 0.6) is 0 Å². The molecule has 2 aliphatic carbocycles. The standard InChI is InChI=1S/C19H30N4O2S/c1-13(2)23-18(20-17(21-23)14-3-4-14)15-5-6-16(9-15)22-8-7-19(10-22)11-26(24,25)12-19/h13-16H,3-12H2,1-2H3/t15-,16-/m1/s1. The molecule has 5 rings (SSSR count). The monoisotopic (exact) mass is 378 g/mol. The second-order valence-electron chi connectivity index (χ2n) is 9.56. The predicted molar refractivity (Wildman–Crippen MR) is 100 cm³/mol. The number of hydrogen-bond acceptors (Lipinski definition) is 5. The van der Waals surface area contributed by atoms with Gasteiger partial charge in [0.2, 0.25) is 0 Å². The lowest BCUT2D eigenvalue weighted by Crippen LogP contribution is -2.50. The highest BCUT2D eigenvalue weighted by atomic mass is 32.2. The molecule has 144 valence electrons. The number of sulfone groups is 1. The molecule has 0 bridgehead atoms. The average Bonchev–Trinajstić information content (AvgIpc) is 2.99. The van der Waals surface area contributed by atoms with Crippen LogP contribution in [0.25, 0.3) is 0 Å². The van der Waals surface area contributed by atoms with Crippen LogP contribution < -0.4 is 0 Å². The van der Waals surface area contributed by atoms with Crippen molar-refractivity contribution in [3.8, 4) is 0 Å². The molecule has 0 amide bonds. The summed E-state index contributed by atoms with van der Waals surface area (Å²) < 4.78 is 25.5. The zero-order valence-corrected chi connectivity index (χ0v) is 16.7. The molecule has 1 spiro atoms. The van der Waals surface area contributed by atoms with E-state index in [0.29, 0.717) is 35.4 Å². The summed E-state index contributed by atoms with van der Waals surface area (Å²) in [7, 11) is -2.74. The second kappa shape index (κ2) is 5.77. The third kappa shape index (κ3) is 2.91. The third-order valence-corrected chi connectivity index (χ3v) is 9.02. The first-order valence-corrected chi connectivity index (χ1v) is 12.1. The van der Waals surface area contributed by atoms with E-state index < -0.39 is 9.84 Å². The molecular formula is C19H30N4O2S. The Hall–Kier alpha value is -0.950. The number of rotatable bonds is 4. The molecule has 0 N–H and O–H groups in total. The van der Waals surface area contributed by atoms with Gasteiger partial charge in [0.15, 0.2) is 15.7 Å². The lowest BCUT2D eigenvalue weighted by Gasteiger charge is -2.38. The van der Waals surface area contributed by atoms with Gasteiger partial charge in [-0.15, -0.1) is 0 Å². The van der Waals surface area contributed by atoms with Crippen molar-refractivity contribution in [2.75, 3.05) is 24.6 Å². The van der Waals surface area contributed by atoms with Crippen LogP contribution in [0.1, 0.15) is 81.9 Å². The van der Waals surface area contributed by atoms with Crippen molar-refractivity contribution in [1.29, 1.82) is 0 Å². The normalized spacial score (nSPS) is 33.2. The molecule has 1 aromatic heterocycles. The zero-order valence-electron chi connectivity index (χ0n) is 15.9. The molecular weight excluding hydrogens is 348 g/mol. The van der Waals surface area contributed by atoms with Gasteiger partial charge in [-0.3, -0.25) is 4.90 Å². The topological polar surface area (TPSA) is 68.1 Å². The minimum absolute atomic E-state index is 0.0774. The Balaban J connectivity index is 1.28. The van der Waals surface area contributed by atoms with E-state index in [1.54, 1.807) is 0 Å². The summed E-state index contributed by atoms with van der Waals surface area (Å²) in [6.07, 6.45) is 7.08. The van der Waals surface area contributed by atoms with Gasteiger partial charge in [0, 0.05) is 35.9 Å². The van der Waals surface area contributed by atoms with Crippen molar-refractivity contribution in [2.45, 2.75) is 76.3 Å². The Morgan fingerprint density at radius 2 is 1.85 bits per heavy atom. The predicted octanol–water partition coefficient (Wildman–Crippen LogP) is 2.49. The van der Waals surface area contributed by atoms with Gasteiger partial charge in [-0.25, -0.2) is 18.1 Å². The third-order valence-electron chi connectivity index (χ3n) is 6.91. The Bertz CT molecular complexity index is 800. The number of hydrogen-bond donors (Lipinski definition) is 0. The van der Waals surface area contributed by atoms with Gasteiger partial charge < -0.3 is 0 Å². The molecule has 4 aliphatic rings. The minimum Gasteiger partial charge on any atom is -0.300 e. The summed E-state index contributed by atoms with van der Waals surface area (Å²) in [4.78, 5) is 7.54. The molecule has 3 heterocycles. The van der Waals surface area contributed by atoms with Crippen molar-refractivity contribution in [3.63, 3.8) is 0 Å². The van der Waals surface area contributed by atoms with E-state index in [0.717, 1.165) is 31.8 Å². The molecule has 2 saturated carbocycles. The SMILES string of the molecule is CC(C)n1nc(C2CC2)nc1[C@@H]1CC[C@@H](N2CCC3(C2)CS(=O)(=O)C3)C1. The van der Waals surface area contributed by atoms with Gasteiger partial charge >= 0.3 is 0 Å². The Kier molecular flexibility index (Phi) is 3.81. The van der Waals surface area contributed by atoms with Crippen LogP contribution in [0, 0.1) is 5.41 Å². The molecule has 0 aromatic carbocycles. The maximum absolute atomic E-state index is 11.6. The smallest absolute Gasteiger partial charge is 0.154 e. The maximum atomic E-state index is 11.6. The highest BCUT2D eigenvalue weighted by Crippen LogP contribution is 2.46. The molecule has 0 unspecified atom stereocenters. The van der Waals surface area contributed by atoms with Crippen LogP contribution in [0.4, 0.5) is 0 Å². The van der Waals surface area contributed by atoms with Crippen LogP contribution in [0.3, 0.4) is 0 Å². The van der Waals surface area contributed by atoms with E-state index in [4.69, 9.17) is 10.1 Å². The van der Waals surface area contributed by atoms with Gasteiger partial charge in [-0.2, -0.15) is 5.10 Å². The highest BCUT2D eigenvalue weighted by molar-refractivity contribution is 7.92. The lowest BCUT2D eigenvalue weighted by atomic mass is 9.91. The number of aromatic nitrogens is 3. The molecule has 4 fully saturated rings. The van der Waals surface area contributed by atoms with Crippen LogP contribution in [-0.2, 0) is 9.84 Å². The first-order chi connectivity index (χ1) is 12.3. The van der Waals surface area contributed by atoms with Gasteiger partial charge in [-0.1, -0.05) is 0 Å². The molecule has 1 aromatic rings. The first-order valence-electron chi connectivity index (χ1n) is 10.2. The molecule has 2 atom stereocenters. The van der Waals surface area contributed by atoms with E-state index in [1.807, 2.05) is 0 Å². The van der Waals surface area contributed by atoms with E-state index >= 15 is 0 Å². The summed E-state index contributed by atoms with van der Waals surface area (Å²) in [6, 6.07) is 0.948. The van der Waals surface area contributed by atoms with Gasteiger partial charge in [0.25, 0.3) is 0 Å². The first kappa shape index (κ1) is 17.2. The second-order valence-corrected chi connectivity index (χ2v) is 11.6. The molecule has 7 heteroatoms. The zero-order chi connectivity index (χ0) is 18.1. The van der Waals surface area contributed by atoms with Crippen molar-refractivity contribution in [2.24, 2.45) is 5.41 Å². The van der Waals surface area contributed by atoms with Gasteiger partial charge in [0.1, 0.15) is 5.82 Å². The summed E-state index contributed by atoms with van der Waals surface area (Å²) in [5, 5.41) is 4.83. The summed E-state index contributed by atoms with van der Waals surface area (Å²) >= 11 is 0. The van der Waals surface area contributed by atoms with Gasteiger partial charge in [-0.05, 0) is 58.9 Å². The van der Waals surface area contributed by atoms with E-state index in [2.05, 4.69) is 23.4 Å². The quantitative estimate of drug-likeness (QED) is 0.805. The van der Waals surface area contributed by atoms with E-state index in [-0.39, 0.29) is 5.41 Å². The maximum Gasteiger partial charge on any atom is 0.154 e. The number of likely N-dealkylation sites (tertiary alicyclic amines) is 1.